The highest BCUT2D eigenvalue weighted by Gasteiger charge is 2.37. The molecule has 1 heterocycles. The van der Waals surface area contributed by atoms with Gasteiger partial charge in [-0.3, -0.25) is 9.59 Å². The number of amides is 2. The molecule has 2 N–H and O–H groups in total. The number of likely N-dealkylation sites (tertiary alicyclic amines) is 1. The average Bonchev–Trinajstić information content (AvgIpc) is 2.89. The molecule has 6 heteroatoms. The van der Waals surface area contributed by atoms with Crippen LogP contribution in [0.25, 0.3) is 0 Å². The van der Waals surface area contributed by atoms with Crippen LogP contribution in [0, 0.1) is 0 Å². The quantitative estimate of drug-likeness (QED) is 0.858. The molecule has 6 nitrogen and oxygen atoms in total. The van der Waals surface area contributed by atoms with E-state index in [0.29, 0.717) is 0 Å². The minimum atomic E-state index is -0.656. The van der Waals surface area contributed by atoms with Gasteiger partial charge in [0.25, 0.3) is 0 Å². The molecule has 132 valence electrons. The monoisotopic (exact) mass is 334 g/mol. The van der Waals surface area contributed by atoms with Crippen LogP contribution in [0.3, 0.4) is 0 Å². The molecule has 1 fully saturated rings. The fourth-order valence-corrected chi connectivity index (χ4v) is 3.00. The Hall–Kier alpha value is -2.08. The third-order valence-corrected chi connectivity index (χ3v) is 4.09. The summed E-state index contributed by atoms with van der Waals surface area (Å²) in [4.78, 5) is 25.6. The molecule has 0 saturated carbocycles. The Bertz CT molecular complexity index is 602. The van der Waals surface area contributed by atoms with Crippen molar-refractivity contribution >= 4 is 11.8 Å². The summed E-state index contributed by atoms with van der Waals surface area (Å²) in [6.07, 6.45) is -0.355. The highest BCUT2D eigenvalue weighted by molar-refractivity contribution is 5.87. The van der Waals surface area contributed by atoms with E-state index in [1.54, 1.807) is 0 Å². The van der Waals surface area contributed by atoms with Gasteiger partial charge >= 0.3 is 0 Å². The first-order valence-electron chi connectivity index (χ1n) is 8.30. The Kier molecular flexibility index (Phi) is 5.83. The van der Waals surface area contributed by atoms with E-state index in [1.165, 1.54) is 11.8 Å². The molecule has 0 bridgehead atoms. The molecule has 1 aliphatic heterocycles. The first-order chi connectivity index (χ1) is 11.3. The van der Waals surface area contributed by atoms with Crippen molar-refractivity contribution in [2.45, 2.75) is 58.4 Å². The van der Waals surface area contributed by atoms with Crippen LogP contribution in [0.1, 0.15) is 45.7 Å². The number of carbonyl (C=O) groups excluding carboxylic acids is 2. The Morgan fingerprint density at radius 3 is 2.58 bits per heavy atom. The van der Waals surface area contributed by atoms with Crippen molar-refractivity contribution in [3.05, 3.63) is 29.8 Å². The summed E-state index contributed by atoms with van der Waals surface area (Å²) >= 11 is 0. The second-order valence-electron chi connectivity index (χ2n) is 6.51. The summed E-state index contributed by atoms with van der Waals surface area (Å²) in [5.74, 6) is 0.270. The van der Waals surface area contributed by atoms with Crippen molar-refractivity contribution in [3.63, 3.8) is 0 Å². The molecular formula is C18H26N2O4. The first kappa shape index (κ1) is 18.3. The third-order valence-electron chi connectivity index (χ3n) is 4.09. The van der Waals surface area contributed by atoms with Crippen LogP contribution in [0.15, 0.2) is 24.3 Å². The molecule has 0 aliphatic carbocycles. The van der Waals surface area contributed by atoms with Crippen LogP contribution in [0.5, 0.6) is 5.75 Å². The van der Waals surface area contributed by atoms with Gasteiger partial charge in [0, 0.05) is 25.5 Å². The fourth-order valence-electron chi connectivity index (χ4n) is 3.00. The van der Waals surface area contributed by atoms with Gasteiger partial charge in [0.2, 0.25) is 11.8 Å². The number of benzene rings is 1. The lowest BCUT2D eigenvalue weighted by Gasteiger charge is -2.25. The third kappa shape index (κ3) is 4.26. The predicted octanol–water partition coefficient (Wildman–Crippen LogP) is 1.63. The number of aliphatic hydroxyl groups excluding tert-OH is 1. The molecule has 1 unspecified atom stereocenters. The largest absolute Gasteiger partial charge is 0.491 e. The highest BCUT2D eigenvalue weighted by Crippen LogP contribution is 2.26. The van der Waals surface area contributed by atoms with Crippen LogP contribution >= 0.6 is 0 Å². The number of hydrogen-bond acceptors (Lipinski definition) is 4. The SMILES string of the molecule is CC(=O)N1C[C@@H](O)C[C@@H]1C(=O)NC(C)c1ccccc1OC(C)C. The number of para-hydroxylation sites is 1. The summed E-state index contributed by atoms with van der Waals surface area (Å²) in [5.41, 5.74) is 0.882. The number of ether oxygens (including phenoxy) is 1. The number of hydrogen-bond donors (Lipinski definition) is 2. The standard InChI is InChI=1S/C18H26N2O4/c1-11(2)24-17-8-6-5-7-15(17)12(3)19-18(23)16-9-14(22)10-20(16)13(4)21/h5-8,11-12,14,16,22H,9-10H2,1-4H3,(H,19,23)/t12?,14-,16+/m0/s1. The minimum Gasteiger partial charge on any atom is -0.491 e. The van der Waals surface area contributed by atoms with Crippen LogP contribution in [-0.2, 0) is 9.59 Å². The van der Waals surface area contributed by atoms with Crippen molar-refractivity contribution < 1.29 is 19.4 Å². The molecule has 1 saturated heterocycles. The van der Waals surface area contributed by atoms with Crippen molar-refractivity contribution in [1.82, 2.24) is 10.2 Å². The topological polar surface area (TPSA) is 78.9 Å². The van der Waals surface area contributed by atoms with Crippen LogP contribution < -0.4 is 10.1 Å². The van der Waals surface area contributed by atoms with E-state index in [1.807, 2.05) is 45.0 Å². The van der Waals surface area contributed by atoms with E-state index in [2.05, 4.69) is 5.32 Å². The van der Waals surface area contributed by atoms with Gasteiger partial charge in [-0.2, -0.15) is 0 Å². The lowest BCUT2D eigenvalue weighted by Crippen LogP contribution is -2.45. The van der Waals surface area contributed by atoms with Gasteiger partial charge in [-0.1, -0.05) is 18.2 Å². The van der Waals surface area contributed by atoms with E-state index in [4.69, 9.17) is 4.74 Å². The maximum absolute atomic E-state index is 12.6. The van der Waals surface area contributed by atoms with E-state index in [-0.39, 0.29) is 36.9 Å². The van der Waals surface area contributed by atoms with Gasteiger partial charge in [-0.25, -0.2) is 0 Å². The second kappa shape index (κ2) is 7.66. The van der Waals surface area contributed by atoms with E-state index >= 15 is 0 Å². The second-order valence-corrected chi connectivity index (χ2v) is 6.51. The minimum absolute atomic E-state index is 0.0345. The smallest absolute Gasteiger partial charge is 0.243 e. The lowest BCUT2D eigenvalue weighted by molar-refractivity contribution is -0.137. The van der Waals surface area contributed by atoms with Gasteiger partial charge in [-0.05, 0) is 26.8 Å². The van der Waals surface area contributed by atoms with Gasteiger partial charge < -0.3 is 20.1 Å². The van der Waals surface area contributed by atoms with Crippen LogP contribution in [-0.4, -0.2) is 46.6 Å². The van der Waals surface area contributed by atoms with Crippen LogP contribution in [0.4, 0.5) is 0 Å². The zero-order valence-corrected chi connectivity index (χ0v) is 14.7. The Labute approximate surface area is 142 Å². The Morgan fingerprint density at radius 2 is 1.96 bits per heavy atom. The molecule has 1 aromatic carbocycles. The van der Waals surface area contributed by atoms with Gasteiger partial charge in [0.1, 0.15) is 11.8 Å². The Morgan fingerprint density at radius 1 is 1.29 bits per heavy atom. The molecule has 0 radical (unpaired) electrons. The maximum Gasteiger partial charge on any atom is 0.243 e. The molecule has 2 rings (SSSR count). The number of nitrogens with one attached hydrogen (secondary N) is 1. The lowest BCUT2D eigenvalue weighted by atomic mass is 10.1. The number of rotatable bonds is 5. The summed E-state index contributed by atoms with van der Waals surface area (Å²) in [6, 6.07) is 6.68. The molecule has 0 spiro atoms. The molecule has 1 aromatic rings. The Balaban J connectivity index is 2.10. The summed E-state index contributed by atoms with van der Waals surface area (Å²) in [6.45, 7) is 7.39. The van der Waals surface area contributed by atoms with E-state index in [9.17, 15) is 14.7 Å². The van der Waals surface area contributed by atoms with Crippen molar-refractivity contribution in [1.29, 1.82) is 0 Å². The van der Waals surface area contributed by atoms with Crippen molar-refractivity contribution in [2.75, 3.05) is 6.54 Å². The number of nitrogens with zero attached hydrogens (tertiary/aromatic N) is 1. The molecule has 2 amide bonds. The molecular weight excluding hydrogens is 308 g/mol. The zero-order chi connectivity index (χ0) is 17.9. The average molecular weight is 334 g/mol. The number of carbonyl (C=O) groups is 2. The molecule has 0 aromatic heterocycles. The van der Waals surface area contributed by atoms with Crippen molar-refractivity contribution in [2.24, 2.45) is 0 Å². The number of β-amino-alcohol motifs (C(OH)–C–C–N with tert-alkyl or cyclic N) is 1. The predicted molar refractivity (Wildman–Crippen MR) is 90.6 cm³/mol. The van der Waals surface area contributed by atoms with Gasteiger partial charge in [-0.15, -0.1) is 0 Å². The van der Waals surface area contributed by atoms with Crippen molar-refractivity contribution in [3.8, 4) is 5.75 Å². The summed E-state index contributed by atoms with van der Waals surface area (Å²) in [7, 11) is 0. The fraction of sp³-hybridized carbons (Fsp3) is 0.556. The zero-order valence-electron chi connectivity index (χ0n) is 14.7. The number of aliphatic hydroxyl groups is 1. The van der Waals surface area contributed by atoms with E-state index in [0.717, 1.165) is 11.3 Å². The molecule has 3 atom stereocenters. The van der Waals surface area contributed by atoms with Crippen LogP contribution in [0.2, 0.25) is 0 Å². The maximum atomic E-state index is 12.6. The summed E-state index contributed by atoms with van der Waals surface area (Å²) < 4.78 is 5.79. The van der Waals surface area contributed by atoms with Gasteiger partial charge in [0.15, 0.2) is 0 Å². The summed E-state index contributed by atoms with van der Waals surface area (Å²) in [5, 5.41) is 12.7. The molecule has 24 heavy (non-hydrogen) atoms. The normalized spacial score (nSPS) is 21.7. The van der Waals surface area contributed by atoms with Gasteiger partial charge in [0.05, 0.1) is 18.2 Å². The van der Waals surface area contributed by atoms with E-state index < -0.39 is 12.1 Å². The highest BCUT2D eigenvalue weighted by atomic mass is 16.5. The first-order valence-corrected chi connectivity index (χ1v) is 8.30. The molecule has 1 aliphatic rings.